The van der Waals surface area contributed by atoms with Crippen LogP contribution in [0.25, 0.3) is 0 Å². The molecule has 0 amide bonds. The third-order valence-electron chi connectivity index (χ3n) is 3.44. The molecule has 0 radical (unpaired) electrons. The van der Waals surface area contributed by atoms with Gasteiger partial charge >= 0.3 is 5.97 Å². The van der Waals surface area contributed by atoms with Crippen molar-refractivity contribution in [1.82, 2.24) is 0 Å². The molecular weight excluding hydrogens is 180 g/mol. The summed E-state index contributed by atoms with van der Waals surface area (Å²) in [4.78, 5) is 11.2. The van der Waals surface area contributed by atoms with Gasteiger partial charge in [0.25, 0.3) is 0 Å². The van der Waals surface area contributed by atoms with Crippen LogP contribution in [0.15, 0.2) is 0 Å². The van der Waals surface area contributed by atoms with Gasteiger partial charge in [-0.3, -0.25) is 4.79 Å². The molecule has 14 heavy (non-hydrogen) atoms. The smallest absolute Gasteiger partial charge is 0.311 e. The van der Waals surface area contributed by atoms with Crippen molar-refractivity contribution in [1.29, 1.82) is 0 Å². The van der Waals surface area contributed by atoms with E-state index in [1.54, 1.807) is 7.11 Å². The average Bonchev–Trinajstić information content (AvgIpc) is 2.19. The molecule has 1 fully saturated rings. The Kier molecular flexibility index (Phi) is 3.93. The van der Waals surface area contributed by atoms with E-state index in [0.717, 1.165) is 25.7 Å². The largest absolute Gasteiger partial charge is 0.481 e. The number of aliphatic carboxylic acids is 1. The maximum Gasteiger partial charge on any atom is 0.311 e. The van der Waals surface area contributed by atoms with E-state index < -0.39 is 11.4 Å². The minimum absolute atomic E-state index is 0.286. The Morgan fingerprint density at radius 1 is 1.43 bits per heavy atom. The summed E-state index contributed by atoms with van der Waals surface area (Å²) in [5.41, 5.74) is -0.685. The van der Waals surface area contributed by atoms with Crippen molar-refractivity contribution in [3.05, 3.63) is 0 Å². The Bertz CT molecular complexity index is 197. The summed E-state index contributed by atoms with van der Waals surface area (Å²) in [5.74, 6) is -0.431. The summed E-state index contributed by atoms with van der Waals surface area (Å²) in [7, 11) is 1.57. The first-order valence-corrected chi connectivity index (χ1v) is 5.33. The Morgan fingerprint density at radius 2 is 2.00 bits per heavy atom. The second kappa shape index (κ2) is 4.78. The van der Waals surface area contributed by atoms with Gasteiger partial charge in [0.15, 0.2) is 0 Å². The molecule has 1 saturated carbocycles. The molecule has 1 aliphatic carbocycles. The Hall–Kier alpha value is -0.570. The molecule has 1 rings (SSSR count). The van der Waals surface area contributed by atoms with Crippen LogP contribution in [0.2, 0.25) is 0 Å². The summed E-state index contributed by atoms with van der Waals surface area (Å²) in [6.07, 6.45) is 5.64. The fraction of sp³-hybridized carbons (Fsp3) is 0.909. The zero-order chi connectivity index (χ0) is 10.6. The van der Waals surface area contributed by atoms with E-state index in [0.29, 0.717) is 6.61 Å². The van der Waals surface area contributed by atoms with Crippen LogP contribution in [0.3, 0.4) is 0 Å². The first kappa shape index (κ1) is 11.5. The van der Waals surface area contributed by atoms with Crippen LogP contribution < -0.4 is 0 Å². The highest BCUT2D eigenvalue weighted by molar-refractivity contribution is 5.74. The van der Waals surface area contributed by atoms with Crippen LogP contribution in [-0.4, -0.2) is 24.8 Å². The zero-order valence-corrected chi connectivity index (χ0v) is 9.08. The molecule has 0 heterocycles. The number of carboxylic acids is 1. The van der Waals surface area contributed by atoms with Crippen LogP contribution in [0, 0.1) is 11.3 Å². The molecule has 1 N–H and O–H groups in total. The van der Waals surface area contributed by atoms with Crippen molar-refractivity contribution in [3.8, 4) is 0 Å². The van der Waals surface area contributed by atoms with E-state index in [9.17, 15) is 9.90 Å². The van der Waals surface area contributed by atoms with Gasteiger partial charge < -0.3 is 9.84 Å². The lowest BCUT2D eigenvalue weighted by Gasteiger charge is -2.35. The molecule has 0 aromatic rings. The lowest BCUT2D eigenvalue weighted by Crippen LogP contribution is -2.40. The number of hydrogen-bond acceptors (Lipinski definition) is 2. The van der Waals surface area contributed by atoms with Crippen molar-refractivity contribution in [2.24, 2.45) is 11.3 Å². The summed E-state index contributed by atoms with van der Waals surface area (Å²) >= 11 is 0. The third-order valence-corrected chi connectivity index (χ3v) is 3.44. The van der Waals surface area contributed by atoms with Crippen LogP contribution in [0.4, 0.5) is 0 Å². The van der Waals surface area contributed by atoms with E-state index in [4.69, 9.17) is 4.74 Å². The molecule has 0 aliphatic heterocycles. The van der Waals surface area contributed by atoms with Crippen molar-refractivity contribution >= 4 is 5.97 Å². The molecule has 0 aromatic carbocycles. The van der Waals surface area contributed by atoms with Gasteiger partial charge in [0.1, 0.15) is 0 Å². The fourth-order valence-corrected chi connectivity index (χ4v) is 2.39. The highest BCUT2D eigenvalue weighted by Crippen LogP contribution is 2.38. The summed E-state index contributed by atoms with van der Waals surface area (Å²) in [6, 6.07) is 0. The number of rotatable bonds is 4. The summed E-state index contributed by atoms with van der Waals surface area (Å²) < 4.78 is 5.04. The number of carboxylic acid groups (broad SMARTS) is 1. The Balaban J connectivity index is 2.69. The van der Waals surface area contributed by atoms with E-state index in [1.165, 1.54) is 6.42 Å². The molecule has 0 bridgehead atoms. The molecule has 3 heteroatoms. The van der Waals surface area contributed by atoms with Gasteiger partial charge in [-0.2, -0.15) is 0 Å². The minimum atomic E-state index is -0.716. The van der Waals surface area contributed by atoms with Gasteiger partial charge in [-0.05, 0) is 25.7 Å². The highest BCUT2D eigenvalue weighted by atomic mass is 16.5. The normalized spacial score (nSPS) is 23.0. The molecule has 0 spiro atoms. The molecule has 0 aromatic heterocycles. The summed E-state index contributed by atoms with van der Waals surface area (Å²) in [5, 5.41) is 9.24. The van der Waals surface area contributed by atoms with E-state index in [1.807, 2.05) is 6.92 Å². The molecule has 1 atom stereocenters. The second-order valence-corrected chi connectivity index (χ2v) is 4.49. The predicted molar refractivity (Wildman–Crippen MR) is 54.2 cm³/mol. The SMILES string of the molecule is COCC(C)(C(=O)O)C1CCCCC1. The molecule has 1 unspecified atom stereocenters. The van der Waals surface area contributed by atoms with Crippen molar-refractivity contribution < 1.29 is 14.6 Å². The lowest BCUT2D eigenvalue weighted by molar-refractivity contribution is -0.156. The lowest BCUT2D eigenvalue weighted by atomic mass is 9.70. The van der Waals surface area contributed by atoms with Crippen LogP contribution >= 0.6 is 0 Å². The molecule has 1 aliphatic rings. The third kappa shape index (κ3) is 2.27. The topological polar surface area (TPSA) is 46.5 Å². The first-order valence-electron chi connectivity index (χ1n) is 5.33. The van der Waals surface area contributed by atoms with Gasteiger partial charge in [-0.15, -0.1) is 0 Å². The van der Waals surface area contributed by atoms with Crippen molar-refractivity contribution in [3.63, 3.8) is 0 Å². The van der Waals surface area contributed by atoms with Crippen LogP contribution in [0.5, 0.6) is 0 Å². The van der Waals surface area contributed by atoms with Crippen LogP contribution in [-0.2, 0) is 9.53 Å². The maximum atomic E-state index is 11.2. The minimum Gasteiger partial charge on any atom is -0.481 e. The molecule has 3 nitrogen and oxygen atoms in total. The number of methoxy groups -OCH3 is 1. The maximum absolute atomic E-state index is 11.2. The van der Waals surface area contributed by atoms with Gasteiger partial charge in [0.05, 0.1) is 12.0 Å². The quantitative estimate of drug-likeness (QED) is 0.757. The summed E-state index contributed by atoms with van der Waals surface area (Å²) in [6.45, 7) is 2.14. The average molecular weight is 200 g/mol. The van der Waals surface area contributed by atoms with Crippen LogP contribution in [0.1, 0.15) is 39.0 Å². The standard InChI is InChI=1S/C11H20O3/c1-11(8-14-2,10(12)13)9-6-4-3-5-7-9/h9H,3-8H2,1-2H3,(H,12,13). The van der Waals surface area contributed by atoms with E-state index in [2.05, 4.69) is 0 Å². The Labute approximate surface area is 85.5 Å². The predicted octanol–water partition coefficient (Wildman–Crippen LogP) is 2.30. The van der Waals surface area contributed by atoms with E-state index >= 15 is 0 Å². The van der Waals surface area contributed by atoms with Crippen molar-refractivity contribution in [2.45, 2.75) is 39.0 Å². The molecule has 82 valence electrons. The van der Waals surface area contributed by atoms with Crippen molar-refractivity contribution in [2.75, 3.05) is 13.7 Å². The van der Waals surface area contributed by atoms with Gasteiger partial charge in [0.2, 0.25) is 0 Å². The van der Waals surface area contributed by atoms with E-state index in [-0.39, 0.29) is 5.92 Å². The second-order valence-electron chi connectivity index (χ2n) is 4.49. The highest BCUT2D eigenvalue weighted by Gasteiger charge is 2.41. The number of ether oxygens (including phenoxy) is 1. The first-order chi connectivity index (χ1) is 6.61. The number of carbonyl (C=O) groups is 1. The zero-order valence-electron chi connectivity index (χ0n) is 9.08. The van der Waals surface area contributed by atoms with Gasteiger partial charge in [-0.25, -0.2) is 0 Å². The molecule has 0 saturated heterocycles. The Morgan fingerprint density at radius 3 is 2.43 bits per heavy atom. The number of hydrogen-bond donors (Lipinski definition) is 1. The fourth-order valence-electron chi connectivity index (χ4n) is 2.39. The van der Waals surface area contributed by atoms with Gasteiger partial charge in [-0.1, -0.05) is 19.3 Å². The van der Waals surface area contributed by atoms with Gasteiger partial charge in [0, 0.05) is 7.11 Å². The monoisotopic (exact) mass is 200 g/mol. The molecular formula is C11H20O3.